The van der Waals surface area contributed by atoms with Crippen molar-refractivity contribution in [1.29, 1.82) is 0 Å². The highest BCUT2D eigenvalue weighted by atomic mass is 16.5. The Hall–Kier alpha value is -1.82. The number of nitrogens with zero attached hydrogens (tertiary/aromatic N) is 1. The average molecular weight is 320 g/mol. The summed E-state index contributed by atoms with van der Waals surface area (Å²) < 4.78 is 10.7. The third kappa shape index (κ3) is 4.34. The van der Waals surface area contributed by atoms with Gasteiger partial charge in [0.05, 0.1) is 6.26 Å². The van der Waals surface area contributed by atoms with Gasteiger partial charge in [-0.3, -0.25) is 9.59 Å². The number of carbonyl (C=O) groups excluding carboxylic acids is 2. The van der Waals surface area contributed by atoms with Crippen LogP contribution in [-0.2, 0) is 9.53 Å². The van der Waals surface area contributed by atoms with Gasteiger partial charge in [-0.15, -0.1) is 0 Å². The predicted octanol–water partition coefficient (Wildman–Crippen LogP) is 1.82. The van der Waals surface area contributed by atoms with Crippen LogP contribution in [-0.4, -0.2) is 49.1 Å². The Morgan fingerprint density at radius 3 is 2.96 bits per heavy atom. The fourth-order valence-corrected chi connectivity index (χ4v) is 2.86. The summed E-state index contributed by atoms with van der Waals surface area (Å²) in [6.07, 6.45) is 6.40. The smallest absolute Gasteiger partial charge is 0.290 e. The highest BCUT2D eigenvalue weighted by Crippen LogP contribution is 2.28. The second-order valence-corrected chi connectivity index (χ2v) is 6.30. The molecule has 0 aromatic carbocycles. The Kier molecular flexibility index (Phi) is 5.33. The van der Waals surface area contributed by atoms with Gasteiger partial charge in [0.15, 0.2) is 5.76 Å². The topological polar surface area (TPSA) is 71.8 Å². The molecular weight excluding hydrogens is 296 g/mol. The van der Waals surface area contributed by atoms with E-state index in [1.807, 2.05) is 0 Å². The van der Waals surface area contributed by atoms with Crippen molar-refractivity contribution in [3.63, 3.8) is 0 Å². The molecule has 23 heavy (non-hydrogen) atoms. The lowest BCUT2D eigenvalue weighted by atomic mass is 10.2. The molecule has 1 aromatic rings. The van der Waals surface area contributed by atoms with Gasteiger partial charge < -0.3 is 19.4 Å². The van der Waals surface area contributed by atoms with Crippen molar-refractivity contribution < 1.29 is 18.7 Å². The van der Waals surface area contributed by atoms with Crippen molar-refractivity contribution in [1.82, 2.24) is 10.2 Å². The molecule has 126 valence electrons. The molecule has 3 rings (SSSR count). The standard InChI is InChI=1S/C17H24N2O4/c20-16(18-8-3-10-22-12-13-6-7-13)14-4-1-9-19(14)17(21)15-5-2-11-23-15/h2,5,11,13-14H,1,3-4,6-10,12H2,(H,18,20). The van der Waals surface area contributed by atoms with E-state index >= 15 is 0 Å². The van der Waals surface area contributed by atoms with E-state index in [1.54, 1.807) is 17.0 Å². The van der Waals surface area contributed by atoms with Crippen LogP contribution in [0.3, 0.4) is 0 Å². The first-order chi connectivity index (χ1) is 11.3. The van der Waals surface area contributed by atoms with Gasteiger partial charge >= 0.3 is 0 Å². The molecule has 0 radical (unpaired) electrons. The largest absolute Gasteiger partial charge is 0.459 e. The van der Waals surface area contributed by atoms with Crippen molar-refractivity contribution in [2.24, 2.45) is 5.92 Å². The Morgan fingerprint density at radius 1 is 1.35 bits per heavy atom. The van der Waals surface area contributed by atoms with Crippen LogP contribution >= 0.6 is 0 Å². The zero-order valence-corrected chi connectivity index (χ0v) is 13.3. The van der Waals surface area contributed by atoms with Gasteiger partial charge in [-0.25, -0.2) is 0 Å². The maximum Gasteiger partial charge on any atom is 0.290 e. The van der Waals surface area contributed by atoms with Crippen LogP contribution in [0.5, 0.6) is 0 Å². The number of ether oxygens (including phenoxy) is 1. The molecule has 1 atom stereocenters. The van der Waals surface area contributed by atoms with Crippen LogP contribution in [0.15, 0.2) is 22.8 Å². The molecule has 1 N–H and O–H groups in total. The van der Waals surface area contributed by atoms with E-state index in [0.29, 0.717) is 26.1 Å². The van der Waals surface area contributed by atoms with Gasteiger partial charge in [-0.1, -0.05) is 0 Å². The quantitative estimate of drug-likeness (QED) is 0.742. The lowest BCUT2D eigenvalue weighted by Gasteiger charge is -2.23. The Morgan fingerprint density at radius 2 is 2.22 bits per heavy atom. The lowest BCUT2D eigenvalue weighted by Crippen LogP contribution is -2.46. The summed E-state index contributed by atoms with van der Waals surface area (Å²) in [5.74, 6) is 0.771. The fraction of sp³-hybridized carbons (Fsp3) is 0.647. The van der Waals surface area contributed by atoms with Crippen molar-refractivity contribution >= 4 is 11.8 Å². The molecule has 1 aliphatic carbocycles. The Balaban J connectivity index is 1.39. The monoisotopic (exact) mass is 320 g/mol. The molecule has 2 fully saturated rings. The van der Waals surface area contributed by atoms with E-state index in [9.17, 15) is 9.59 Å². The minimum absolute atomic E-state index is 0.0791. The lowest BCUT2D eigenvalue weighted by molar-refractivity contribution is -0.124. The van der Waals surface area contributed by atoms with E-state index in [2.05, 4.69) is 5.32 Å². The molecular formula is C17H24N2O4. The van der Waals surface area contributed by atoms with E-state index in [1.165, 1.54) is 19.1 Å². The predicted molar refractivity (Wildman–Crippen MR) is 83.9 cm³/mol. The van der Waals surface area contributed by atoms with E-state index in [-0.39, 0.29) is 23.6 Å². The number of likely N-dealkylation sites (tertiary alicyclic amines) is 1. The van der Waals surface area contributed by atoms with E-state index in [4.69, 9.17) is 9.15 Å². The normalized spacial score (nSPS) is 20.7. The van der Waals surface area contributed by atoms with Gasteiger partial charge in [-0.05, 0) is 50.2 Å². The number of furan rings is 1. The molecule has 2 amide bonds. The number of carbonyl (C=O) groups is 2. The summed E-state index contributed by atoms with van der Waals surface area (Å²) in [7, 11) is 0. The molecule has 1 saturated carbocycles. The summed E-state index contributed by atoms with van der Waals surface area (Å²) in [6.45, 7) is 2.71. The van der Waals surface area contributed by atoms with Crippen LogP contribution in [0.1, 0.15) is 42.7 Å². The molecule has 0 bridgehead atoms. The molecule has 1 aromatic heterocycles. The van der Waals surface area contributed by atoms with Crippen LogP contribution in [0.4, 0.5) is 0 Å². The van der Waals surface area contributed by atoms with Crippen molar-refractivity contribution in [3.05, 3.63) is 24.2 Å². The summed E-state index contributed by atoms with van der Waals surface area (Å²) in [5, 5.41) is 2.92. The maximum absolute atomic E-state index is 12.3. The SMILES string of the molecule is O=C(NCCCOCC1CC1)C1CCCN1C(=O)c1ccco1. The third-order valence-electron chi connectivity index (χ3n) is 4.36. The first-order valence-electron chi connectivity index (χ1n) is 8.45. The van der Waals surface area contributed by atoms with Gasteiger partial charge in [-0.2, -0.15) is 0 Å². The fourth-order valence-electron chi connectivity index (χ4n) is 2.86. The van der Waals surface area contributed by atoms with Gasteiger partial charge in [0.2, 0.25) is 5.91 Å². The molecule has 1 aliphatic heterocycles. The first kappa shape index (κ1) is 16.1. The van der Waals surface area contributed by atoms with E-state index in [0.717, 1.165) is 25.4 Å². The summed E-state index contributed by atoms with van der Waals surface area (Å²) >= 11 is 0. The van der Waals surface area contributed by atoms with Crippen molar-refractivity contribution in [2.75, 3.05) is 26.3 Å². The molecule has 0 spiro atoms. The first-order valence-corrected chi connectivity index (χ1v) is 8.45. The van der Waals surface area contributed by atoms with Crippen LogP contribution in [0.25, 0.3) is 0 Å². The molecule has 2 aliphatic rings. The van der Waals surface area contributed by atoms with Gasteiger partial charge in [0, 0.05) is 26.3 Å². The average Bonchev–Trinajstić information content (AvgIpc) is 3.06. The Labute approximate surface area is 136 Å². The minimum Gasteiger partial charge on any atom is -0.459 e. The molecule has 2 heterocycles. The Bertz CT molecular complexity index is 525. The van der Waals surface area contributed by atoms with Gasteiger partial charge in [0.25, 0.3) is 5.91 Å². The molecule has 6 nitrogen and oxygen atoms in total. The van der Waals surface area contributed by atoms with E-state index < -0.39 is 0 Å². The number of hydrogen-bond donors (Lipinski definition) is 1. The van der Waals surface area contributed by atoms with Crippen LogP contribution in [0.2, 0.25) is 0 Å². The maximum atomic E-state index is 12.3. The summed E-state index contributed by atoms with van der Waals surface area (Å²) in [6, 6.07) is 2.92. The summed E-state index contributed by atoms with van der Waals surface area (Å²) in [5.41, 5.74) is 0. The van der Waals surface area contributed by atoms with Crippen molar-refractivity contribution in [2.45, 2.75) is 38.1 Å². The zero-order valence-electron chi connectivity index (χ0n) is 13.3. The third-order valence-corrected chi connectivity index (χ3v) is 4.36. The number of hydrogen-bond acceptors (Lipinski definition) is 4. The van der Waals surface area contributed by atoms with Crippen LogP contribution < -0.4 is 5.32 Å². The number of amides is 2. The second-order valence-electron chi connectivity index (χ2n) is 6.30. The number of rotatable bonds is 8. The minimum atomic E-state index is -0.389. The number of nitrogens with one attached hydrogen (secondary N) is 1. The molecule has 6 heteroatoms. The second kappa shape index (κ2) is 7.64. The molecule has 1 unspecified atom stereocenters. The molecule has 1 saturated heterocycles. The van der Waals surface area contributed by atoms with Crippen molar-refractivity contribution in [3.8, 4) is 0 Å². The highest BCUT2D eigenvalue weighted by Gasteiger charge is 2.35. The van der Waals surface area contributed by atoms with Gasteiger partial charge in [0.1, 0.15) is 6.04 Å². The zero-order chi connectivity index (χ0) is 16.1. The van der Waals surface area contributed by atoms with Crippen LogP contribution in [0, 0.1) is 5.92 Å². The highest BCUT2D eigenvalue weighted by molar-refractivity contribution is 5.95. The summed E-state index contributed by atoms with van der Waals surface area (Å²) in [4.78, 5) is 26.3.